The van der Waals surface area contributed by atoms with Crippen molar-refractivity contribution in [2.45, 2.75) is 13.8 Å². The molecule has 0 bridgehead atoms. The van der Waals surface area contributed by atoms with E-state index < -0.39 is 59.4 Å². The van der Waals surface area contributed by atoms with E-state index in [9.17, 15) is 45.3 Å². The summed E-state index contributed by atoms with van der Waals surface area (Å²) < 4.78 is 2.24. The van der Waals surface area contributed by atoms with Crippen LogP contribution in [0.5, 0.6) is 0 Å². The van der Waals surface area contributed by atoms with E-state index in [-0.39, 0.29) is 0 Å². The van der Waals surface area contributed by atoms with E-state index in [0.29, 0.717) is 12.1 Å². The van der Waals surface area contributed by atoms with Crippen molar-refractivity contribution < 1.29 is 24.5 Å². The first kappa shape index (κ1) is 27.1. The SMILES string of the molecule is Cc1c(C)n(C)c2ccccc12.O=C(c1cc([N+](=O)[O-])cc([N+](=O)[O-])c1)c1cc([N+](=O)[O-])cc([N+](=O)[O-])c1. The summed E-state index contributed by atoms with van der Waals surface area (Å²) in [7, 11) is 2.12. The number of nitro groups is 4. The van der Waals surface area contributed by atoms with Gasteiger partial charge in [0.1, 0.15) is 0 Å². The maximum Gasteiger partial charge on any atom is 0.277 e. The molecule has 0 atom stereocenters. The van der Waals surface area contributed by atoms with Gasteiger partial charge in [-0.3, -0.25) is 45.3 Å². The second-order valence-electron chi connectivity index (χ2n) is 8.12. The van der Waals surface area contributed by atoms with E-state index in [0.717, 1.165) is 24.3 Å². The minimum Gasteiger partial charge on any atom is -0.348 e. The first-order chi connectivity index (χ1) is 17.8. The Morgan fingerprint density at radius 1 is 0.658 bits per heavy atom. The van der Waals surface area contributed by atoms with Crippen molar-refractivity contribution in [1.82, 2.24) is 4.57 Å². The van der Waals surface area contributed by atoms with E-state index in [1.165, 1.54) is 22.2 Å². The van der Waals surface area contributed by atoms with Gasteiger partial charge in [0.2, 0.25) is 0 Å². The maximum absolute atomic E-state index is 12.5. The lowest BCUT2D eigenvalue weighted by atomic mass is 10.0. The molecule has 1 heterocycles. The van der Waals surface area contributed by atoms with Crippen LogP contribution in [0.3, 0.4) is 0 Å². The zero-order valence-corrected chi connectivity index (χ0v) is 20.2. The lowest BCUT2D eigenvalue weighted by Gasteiger charge is -2.03. The highest BCUT2D eigenvalue weighted by molar-refractivity contribution is 6.10. The number of hydrogen-bond donors (Lipinski definition) is 0. The molecule has 0 N–H and O–H groups in total. The summed E-state index contributed by atoms with van der Waals surface area (Å²) in [6, 6.07) is 12.7. The van der Waals surface area contributed by atoms with E-state index in [2.05, 4.69) is 49.7 Å². The number of ketones is 1. The molecule has 0 aliphatic carbocycles. The van der Waals surface area contributed by atoms with Crippen LogP contribution in [0.2, 0.25) is 0 Å². The highest BCUT2D eigenvalue weighted by atomic mass is 16.6. The van der Waals surface area contributed by atoms with Crippen LogP contribution in [0, 0.1) is 54.3 Å². The van der Waals surface area contributed by atoms with Gasteiger partial charge in [0.15, 0.2) is 5.78 Å². The normalized spacial score (nSPS) is 10.4. The number of aromatic nitrogens is 1. The van der Waals surface area contributed by atoms with Gasteiger partial charge in [0.05, 0.1) is 31.8 Å². The number of hydrogen-bond acceptors (Lipinski definition) is 9. The topological polar surface area (TPSA) is 195 Å². The quantitative estimate of drug-likeness (QED) is 0.182. The molecule has 0 radical (unpaired) electrons. The zero-order valence-electron chi connectivity index (χ0n) is 20.2. The van der Waals surface area contributed by atoms with Crippen molar-refractivity contribution in [3.05, 3.63) is 124 Å². The number of benzene rings is 3. The number of nitrogens with zero attached hydrogens (tertiary/aromatic N) is 5. The first-order valence-corrected chi connectivity index (χ1v) is 10.7. The predicted molar refractivity (Wildman–Crippen MR) is 135 cm³/mol. The molecule has 194 valence electrons. The molecule has 0 spiro atoms. The molecule has 0 unspecified atom stereocenters. The molecule has 14 heteroatoms. The Balaban J connectivity index is 0.000000275. The van der Waals surface area contributed by atoms with Gasteiger partial charge in [0, 0.05) is 59.0 Å². The molecule has 14 nitrogen and oxygen atoms in total. The number of aryl methyl sites for hydroxylation is 2. The third-order valence-electron chi connectivity index (χ3n) is 5.89. The summed E-state index contributed by atoms with van der Waals surface area (Å²) in [4.78, 5) is 52.1. The molecule has 0 amide bonds. The predicted octanol–water partition coefficient (Wildman–Crippen LogP) is 5.35. The summed E-state index contributed by atoms with van der Waals surface area (Å²) in [5, 5.41) is 44.8. The van der Waals surface area contributed by atoms with Crippen molar-refractivity contribution in [3.8, 4) is 0 Å². The smallest absolute Gasteiger partial charge is 0.277 e. The minimum atomic E-state index is -1.08. The standard InChI is InChI=1S/C13H6N4O9.C11H13N/c18-13(7-1-9(14(19)20)5-10(2-7)15(21)22)8-3-11(16(23)24)6-12(4-8)17(25)26;1-8-9(2)12(3)11-7-5-4-6-10(8)11/h1-6H;4-7H,1-3H3. The number of carbonyl (C=O) groups is 1. The number of nitro benzene ring substituents is 4. The van der Waals surface area contributed by atoms with Gasteiger partial charge >= 0.3 is 0 Å². The molecule has 1 aromatic heterocycles. The number of fused-ring (bicyclic) bond motifs is 1. The summed E-state index contributed by atoms with van der Waals surface area (Å²) in [5.41, 5.74) is 0.0631. The number of carbonyl (C=O) groups excluding carboxylic acids is 1. The lowest BCUT2D eigenvalue weighted by Crippen LogP contribution is -2.05. The van der Waals surface area contributed by atoms with E-state index >= 15 is 0 Å². The molecular formula is C24H19N5O9. The molecule has 0 fully saturated rings. The number of rotatable bonds is 6. The van der Waals surface area contributed by atoms with Crippen molar-refractivity contribution in [3.63, 3.8) is 0 Å². The largest absolute Gasteiger partial charge is 0.348 e. The Morgan fingerprint density at radius 2 is 1.03 bits per heavy atom. The Morgan fingerprint density at radius 3 is 1.37 bits per heavy atom. The Labute approximate surface area is 213 Å². The summed E-state index contributed by atoms with van der Waals surface area (Å²) >= 11 is 0. The average molecular weight is 521 g/mol. The van der Waals surface area contributed by atoms with Crippen molar-refractivity contribution in [2.24, 2.45) is 7.05 Å². The van der Waals surface area contributed by atoms with E-state index in [4.69, 9.17) is 0 Å². The molecule has 4 aromatic rings. The third-order valence-corrected chi connectivity index (χ3v) is 5.89. The Bertz CT molecular complexity index is 1460. The van der Waals surface area contributed by atoms with E-state index in [1.54, 1.807) is 0 Å². The monoisotopic (exact) mass is 521 g/mol. The fourth-order valence-corrected chi connectivity index (χ4v) is 3.75. The summed E-state index contributed by atoms with van der Waals surface area (Å²) in [5.74, 6) is -1.08. The minimum absolute atomic E-state index is 0.513. The highest BCUT2D eigenvalue weighted by Crippen LogP contribution is 2.28. The maximum atomic E-state index is 12.5. The van der Waals surface area contributed by atoms with Crippen LogP contribution in [0.15, 0.2) is 60.7 Å². The second-order valence-corrected chi connectivity index (χ2v) is 8.12. The Hall–Kier alpha value is -5.53. The van der Waals surface area contributed by atoms with Crippen molar-refractivity contribution in [1.29, 1.82) is 0 Å². The lowest BCUT2D eigenvalue weighted by molar-refractivity contribution is -0.394. The van der Waals surface area contributed by atoms with Gasteiger partial charge in [-0.15, -0.1) is 0 Å². The molecule has 4 rings (SSSR count). The molecule has 0 aliphatic rings. The van der Waals surface area contributed by atoms with Crippen LogP contribution in [0.4, 0.5) is 22.7 Å². The second kappa shape index (κ2) is 10.6. The summed E-state index contributed by atoms with van der Waals surface area (Å²) in [6.07, 6.45) is 0. The van der Waals surface area contributed by atoms with Gasteiger partial charge in [0.25, 0.3) is 22.7 Å². The van der Waals surface area contributed by atoms with Gasteiger partial charge in [-0.2, -0.15) is 0 Å². The van der Waals surface area contributed by atoms with Crippen LogP contribution >= 0.6 is 0 Å². The third kappa shape index (κ3) is 5.48. The zero-order chi connectivity index (χ0) is 28.3. The number of para-hydroxylation sites is 1. The van der Waals surface area contributed by atoms with Crippen LogP contribution < -0.4 is 0 Å². The van der Waals surface area contributed by atoms with Crippen LogP contribution in [-0.2, 0) is 7.05 Å². The fraction of sp³-hybridized carbons (Fsp3) is 0.125. The highest BCUT2D eigenvalue weighted by Gasteiger charge is 2.24. The van der Waals surface area contributed by atoms with Crippen molar-refractivity contribution in [2.75, 3.05) is 0 Å². The summed E-state index contributed by atoms with van der Waals surface area (Å²) in [6.45, 7) is 4.34. The van der Waals surface area contributed by atoms with Gasteiger partial charge in [-0.25, -0.2) is 0 Å². The molecule has 0 saturated heterocycles. The van der Waals surface area contributed by atoms with Crippen LogP contribution in [0.1, 0.15) is 27.2 Å². The first-order valence-electron chi connectivity index (χ1n) is 10.7. The van der Waals surface area contributed by atoms with Gasteiger partial charge < -0.3 is 4.57 Å². The Kier molecular flexibility index (Phi) is 7.56. The van der Waals surface area contributed by atoms with Crippen molar-refractivity contribution >= 4 is 39.4 Å². The molecule has 0 aliphatic heterocycles. The van der Waals surface area contributed by atoms with E-state index in [1.807, 2.05) is 0 Å². The van der Waals surface area contributed by atoms with Crippen LogP contribution in [-0.4, -0.2) is 30.0 Å². The average Bonchev–Trinajstić information content (AvgIpc) is 3.11. The molecule has 38 heavy (non-hydrogen) atoms. The molecular weight excluding hydrogens is 502 g/mol. The fourth-order valence-electron chi connectivity index (χ4n) is 3.75. The van der Waals surface area contributed by atoms with Gasteiger partial charge in [-0.1, -0.05) is 18.2 Å². The van der Waals surface area contributed by atoms with Gasteiger partial charge in [-0.05, 0) is 25.5 Å². The molecule has 0 saturated carbocycles. The number of non-ortho nitro benzene ring substituents is 4. The van der Waals surface area contributed by atoms with Crippen LogP contribution in [0.25, 0.3) is 10.9 Å². The molecule has 3 aromatic carbocycles.